The Morgan fingerprint density at radius 2 is 1.88 bits per heavy atom. The maximum Gasteiger partial charge on any atom is 0.261 e. The first-order chi connectivity index (χ1) is 15.3. The van der Waals surface area contributed by atoms with E-state index in [1.807, 2.05) is 12.1 Å². The minimum absolute atomic E-state index is 0.135. The molecule has 1 saturated heterocycles. The summed E-state index contributed by atoms with van der Waals surface area (Å²) in [5, 5.41) is 3.34. The minimum atomic E-state index is -3.54. The topological polar surface area (TPSA) is 79.0 Å². The van der Waals surface area contributed by atoms with E-state index in [1.165, 1.54) is 22.7 Å². The summed E-state index contributed by atoms with van der Waals surface area (Å²) in [7, 11) is -3.54. The number of likely N-dealkylation sites (tertiary alicyclic amines) is 1. The average molecular weight is 478 g/mol. The Morgan fingerprint density at radius 1 is 1.12 bits per heavy atom. The number of amides is 1. The van der Waals surface area contributed by atoms with Gasteiger partial charge in [-0.1, -0.05) is 35.9 Å². The standard InChI is InChI=1S/C23H28ClN3O4S/c1-32(29,30)27-12-9-22(31-21-8-7-19(24)14-20(21)27)23(28)25-15-17-5-4-6-18(13-17)16-26-10-2-3-11-26/h4-8,13-14,22H,2-3,9-12,15-16H2,1H3,(H,25,28). The summed E-state index contributed by atoms with van der Waals surface area (Å²) in [6, 6.07) is 13.0. The Hall–Kier alpha value is -2.29. The molecule has 0 radical (unpaired) electrons. The first-order valence-electron chi connectivity index (χ1n) is 10.8. The van der Waals surface area contributed by atoms with Crippen LogP contribution in [-0.2, 0) is 27.9 Å². The summed E-state index contributed by atoms with van der Waals surface area (Å²) in [6.07, 6.45) is 3.08. The highest BCUT2D eigenvalue weighted by Crippen LogP contribution is 2.36. The van der Waals surface area contributed by atoms with Crippen LogP contribution in [0, 0.1) is 0 Å². The third-order valence-electron chi connectivity index (χ3n) is 5.81. The lowest BCUT2D eigenvalue weighted by molar-refractivity contribution is -0.128. The number of rotatable bonds is 6. The number of nitrogens with zero attached hydrogens (tertiary/aromatic N) is 2. The molecule has 1 N–H and O–H groups in total. The Morgan fingerprint density at radius 3 is 2.62 bits per heavy atom. The molecule has 2 aliphatic rings. The van der Waals surface area contributed by atoms with Crippen LogP contribution in [0.15, 0.2) is 42.5 Å². The summed E-state index contributed by atoms with van der Waals surface area (Å²) in [5.41, 5.74) is 2.61. The van der Waals surface area contributed by atoms with Crippen LogP contribution in [0.3, 0.4) is 0 Å². The molecule has 1 fully saturated rings. The van der Waals surface area contributed by atoms with Crippen molar-refractivity contribution >= 4 is 33.2 Å². The van der Waals surface area contributed by atoms with E-state index in [1.54, 1.807) is 18.2 Å². The van der Waals surface area contributed by atoms with Crippen molar-refractivity contribution in [3.05, 3.63) is 58.6 Å². The third-order valence-corrected chi connectivity index (χ3v) is 7.22. The summed E-state index contributed by atoms with van der Waals surface area (Å²) in [6.45, 7) is 3.72. The van der Waals surface area contributed by atoms with Gasteiger partial charge in [-0.2, -0.15) is 0 Å². The van der Waals surface area contributed by atoms with E-state index >= 15 is 0 Å². The molecule has 4 rings (SSSR count). The molecular weight excluding hydrogens is 450 g/mol. The second-order valence-corrected chi connectivity index (χ2v) is 10.7. The minimum Gasteiger partial charge on any atom is -0.478 e. The van der Waals surface area contributed by atoms with Gasteiger partial charge in [0, 0.05) is 31.1 Å². The number of carbonyl (C=O) groups excluding carboxylic acids is 1. The highest BCUT2D eigenvalue weighted by Gasteiger charge is 2.31. The molecule has 32 heavy (non-hydrogen) atoms. The van der Waals surface area contributed by atoms with Gasteiger partial charge in [-0.3, -0.25) is 14.0 Å². The van der Waals surface area contributed by atoms with Gasteiger partial charge in [-0.15, -0.1) is 0 Å². The maximum atomic E-state index is 12.9. The number of nitrogens with one attached hydrogen (secondary N) is 1. The van der Waals surface area contributed by atoms with Gasteiger partial charge in [-0.25, -0.2) is 8.42 Å². The predicted molar refractivity (Wildman–Crippen MR) is 125 cm³/mol. The van der Waals surface area contributed by atoms with E-state index in [0.717, 1.165) is 31.5 Å². The van der Waals surface area contributed by atoms with Crippen LogP contribution in [-0.4, -0.2) is 51.2 Å². The molecule has 1 unspecified atom stereocenters. The van der Waals surface area contributed by atoms with E-state index in [-0.39, 0.29) is 18.9 Å². The van der Waals surface area contributed by atoms with Gasteiger partial charge in [0.25, 0.3) is 5.91 Å². The molecule has 0 bridgehead atoms. The Balaban J connectivity index is 1.42. The molecule has 9 heteroatoms. The second kappa shape index (κ2) is 9.68. The highest BCUT2D eigenvalue weighted by molar-refractivity contribution is 7.92. The molecular formula is C23H28ClN3O4S. The fraction of sp³-hybridized carbons (Fsp3) is 0.435. The number of sulfonamides is 1. The number of hydrogen-bond acceptors (Lipinski definition) is 5. The van der Waals surface area contributed by atoms with Crippen molar-refractivity contribution in [1.29, 1.82) is 0 Å². The lowest BCUT2D eigenvalue weighted by Gasteiger charge is -2.21. The molecule has 2 aliphatic heterocycles. The van der Waals surface area contributed by atoms with Crippen LogP contribution in [0.1, 0.15) is 30.4 Å². The fourth-order valence-corrected chi connectivity index (χ4v) is 5.32. The summed E-state index contributed by atoms with van der Waals surface area (Å²) < 4.78 is 31.7. The van der Waals surface area contributed by atoms with E-state index < -0.39 is 16.1 Å². The van der Waals surface area contributed by atoms with Crippen molar-refractivity contribution in [1.82, 2.24) is 10.2 Å². The van der Waals surface area contributed by atoms with Crippen LogP contribution in [0.4, 0.5) is 5.69 Å². The average Bonchev–Trinajstić information content (AvgIpc) is 3.17. The van der Waals surface area contributed by atoms with E-state index in [0.29, 0.717) is 23.0 Å². The Bertz CT molecular complexity index is 1090. The zero-order chi connectivity index (χ0) is 22.7. The molecule has 2 heterocycles. The Kier molecular flexibility index (Phi) is 6.93. The molecule has 0 saturated carbocycles. The van der Waals surface area contributed by atoms with Gasteiger partial charge in [0.15, 0.2) is 6.10 Å². The van der Waals surface area contributed by atoms with Gasteiger partial charge >= 0.3 is 0 Å². The molecule has 1 amide bonds. The van der Waals surface area contributed by atoms with Crippen molar-refractivity contribution in [2.24, 2.45) is 0 Å². The van der Waals surface area contributed by atoms with Gasteiger partial charge in [0.2, 0.25) is 10.0 Å². The first-order valence-corrected chi connectivity index (χ1v) is 13.0. The molecule has 7 nitrogen and oxygen atoms in total. The molecule has 172 valence electrons. The third kappa shape index (κ3) is 5.54. The van der Waals surface area contributed by atoms with Gasteiger partial charge in [0.1, 0.15) is 5.75 Å². The molecule has 2 aromatic rings. The highest BCUT2D eigenvalue weighted by atomic mass is 35.5. The zero-order valence-electron chi connectivity index (χ0n) is 18.1. The molecule has 1 atom stereocenters. The normalized spacial score (nSPS) is 19.2. The number of ether oxygens (including phenoxy) is 1. The number of fused-ring (bicyclic) bond motifs is 1. The van der Waals surface area contributed by atoms with E-state index in [2.05, 4.69) is 22.3 Å². The lowest BCUT2D eigenvalue weighted by atomic mass is 10.1. The Labute approximate surface area is 194 Å². The molecule has 0 spiro atoms. The van der Waals surface area contributed by atoms with Gasteiger partial charge < -0.3 is 10.1 Å². The molecule has 0 aromatic heterocycles. The smallest absolute Gasteiger partial charge is 0.261 e. The summed E-state index contributed by atoms with van der Waals surface area (Å²) in [5.74, 6) is 0.0521. The monoisotopic (exact) mass is 477 g/mol. The van der Waals surface area contributed by atoms with Crippen LogP contribution in [0.5, 0.6) is 5.75 Å². The number of hydrogen-bond donors (Lipinski definition) is 1. The lowest BCUT2D eigenvalue weighted by Crippen LogP contribution is -2.39. The van der Waals surface area contributed by atoms with Gasteiger partial charge in [-0.05, 0) is 55.3 Å². The quantitative estimate of drug-likeness (QED) is 0.691. The van der Waals surface area contributed by atoms with Crippen molar-refractivity contribution in [3.63, 3.8) is 0 Å². The number of anilines is 1. The summed E-state index contributed by atoms with van der Waals surface area (Å²) in [4.78, 5) is 15.3. The maximum absolute atomic E-state index is 12.9. The van der Waals surface area contributed by atoms with Crippen molar-refractivity contribution < 1.29 is 17.9 Å². The van der Waals surface area contributed by atoms with Crippen LogP contribution >= 0.6 is 11.6 Å². The molecule has 0 aliphatic carbocycles. The van der Waals surface area contributed by atoms with Crippen LogP contribution in [0.25, 0.3) is 0 Å². The number of carbonyl (C=O) groups is 1. The fourth-order valence-electron chi connectivity index (χ4n) is 4.22. The number of halogens is 1. The van der Waals surface area contributed by atoms with Crippen LogP contribution in [0.2, 0.25) is 5.02 Å². The first kappa shape index (κ1) is 22.9. The van der Waals surface area contributed by atoms with Crippen LogP contribution < -0.4 is 14.4 Å². The largest absolute Gasteiger partial charge is 0.478 e. The molecule has 2 aromatic carbocycles. The van der Waals surface area contributed by atoms with Crippen molar-refractivity contribution in [2.45, 2.75) is 38.5 Å². The van der Waals surface area contributed by atoms with E-state index in [9.17, 15) is 13.2 Å². The van der Waals surface area contributed by atoms with Crippen molar-refractivity contribution in [3.8, 4) is 5.75 Å². The second-order valence-electron chi connectivity index (χ2n) is 8.36. The SMILES string of the molecule is CS(=O)(=O)N1CCC(C(=O)NCc2cccc(CN3CCCC3)c2)Oc2ccc(Cl)cc21. The number of benzene rings is 2. The zero-order valence-corrected chi connectivity index (χ0v) is 19.7. The van der Waals surface area contributed by atoms with E-state index in [4.69, 9.17) is 16.3 Å². The van der Waals surface area contributed by atoms with Gasteiger partial charge in [0.05, 0.1) is 11.9 Å². The summed E-state index contributed by atoms with van der Waals surface area (Å²) >= 11 is 6.07. The predicted octanol–water partition coefficient (Wildman–Crippen LogP) is 3.17. The van der Waals surface area contributed by atoms with Crippen molar-refractivity contribution in [2.75, 3.05) is 30.2 Å².